The molecule has 0 unspecified atom stereocenters. The highest BCUT2D eigenvalue weighted by Gasteiger charge is 2.13. The van der Waals surface area contributed by atoms with E-state index in [0.29, 0.717) is 0 Å². The third-order valence-corrected chi connectivity index (χ3v) is 3.12. The molecule has 0 radical (unpaired) electrons. The van der Waals surface area contributed by atoms with Crippen LogP contribution in [0.15, 0.2) is 18.2 Å². The van der Waals surface area contributed by atoms with E-state index in [-0.39, 0.29) is 0 Å². The van der Waals surface area contributed by atoms with Crippen LogP contribution < -0.4 is 9.64 Å². The summed E-state index contributed by atoms with van der Waals surface area (Å²) >= 11 is 0. The van der Waals surface area contributed by atoms with Crippen LogP contribution in [0.2, 0.25) is 0 Å². The fourth-order valence-corrected chi connectivity index (χ4v) is 2.24. The maximum absolute atomic E-state index is 5.81. The zero-order chi connectivity index (χ0) is 12.1. The topological polar surface area (TPSA) is 22.9 Å². The van der Waals surface area contributed by atoms with Gasteiger partial charge in [0.25, 0.3) is 0 Å². The number of aryl methyl sites for hydroxylation is 2. The molecule has 0 saturated carbocycles. The molecule has 1 aromatic carbocycles. The molecule has 0 spiro atoms. The van der Waals surface area contributed by atoms with E-state index in [2.05, 4.69) is 32.0 Å². The summed E-state index contributed by atoms with van der Waals surface area (Å²) in [7, 11) is 0. The molecule has 0 aliphatic carbocycles. The smallest absolute Gasteiger partial charge is 0.137 e. The summed E-state index contributed by atoms with van der Waals surface area (Å²) in [5, 5.41) is 0. The summed E-state index contributed by atoms with van der Waals surface area (Å²) in [5.41, 5.74) is 2.53. The summed E-state index contributed by atoms with van der Waals surface area (Å²) in [5.74, 6) is 0.996. The molecule has 94 valence electrons. The number of morpholine rings is 1. The Kier molecular flexibility index (Phi) is 4.40. The van der Waals surface area contributed by atoms with E-state index in [4.69, 9.17) is 9.47 Å². The van der Waals surface area contributed by atoms with E-state index in [9.17, 15) is 0 Å². The van der Waals surface area contributed by atoms with Crippen LogP contribution in [0.4, 0.5) is 0 Å². The van der Waals surface area contributed by atoms with Gasteiger partial charge in [0.05, 0.1) is 13.2 Å². The molecule has 17 heavy (non-hydrogen) atoms. The Labute approximate surface area is 103 Å². The molecule has 1 heterocycles. The van der Waals surface area contributed by atoms with Gasteiger partial charge in [-0.05, 0) is 37.1 Å². The van der Waals surface area contributed by atoms with Crippen molar-refractivity contribution >= 4 is 0 Å². The van der Waals surface area contributed by atoms with Crippen molar-refractivity contribution in [1.29, 1.82) is 0 Å². The summed E-state index contributed by atoms with van der Waals surface area (Å²) in [6, 6.07) is 6.36. The van der Waals surface area contributed by atoms with Crippen molar-refractivity contribution in [1.82, 2.24) is 0 Å². The van der Waals surface area contributed by atoms with Gasteiger partial charge in [0.1, 0.15) is 32.0 Å². The molecule has 1 aliphatic rings. The monoisotopic (exact) mass is 236 g/mol. The Bertz CT molecular complexity index is 339. The van der Waals surface area contributed by atoms with Gasteiger partial charge in [-0.1, -0.05) is 6.07 Å². The number of rotatable bonds is 4. The first-order valence-electron chi connectivity index (χ1n) is 6.36. The quantitative estimate of drug-likeness (QED) is 0.827. The largest absolute Gasteiger partial charge is 0.488 e. The number of benzene rings is 1. The molecule has 1 aliphatic heterocycles. The van der Waals surface area contributed by atoms with E-state index >= 15 is 0 Å². The number of hydrogen-bond donors (Lipinski definition) is 1. The number of nitrogens with one attached hydrogen (secondary N) is 1. The van der Waals surface area contributed by atoms with Gasteiger partial charge in [-0.15, -0.1) is 0 Å². The third-order valence-electron chi connectivity index (χ3n) is 3.12. The first kappa shape index (κ1) is 12.4. The first-order valence-corrected chi connectivity index (χ1v) is 6.36. The molecule has 1 saturated heterocycles. The average molecular weight is 236 g/mol. The average Bonchev–Trinajstić information content (AvgIpc) is 2.29. The zero-order valence-electron chi connectivity index (χ0n) is 10.8. The molecule has 1 aromatic rings. The van der Waals surface area contributed by atoms with Crippen molar-refractivity contribution < 1.29 is 14.4 Å². The highest BCUT2D eigenvalue weighted by Crippen LogP contribution is 2.15. The van der Waals surface area contributed by atoms with Gasteiger partial charge in [0.2, 0.25) is 0 Å². The van der Waals surface area contributed by atoms with Crippen molar-refractivity contribution in [3.8, 4) is 5.75 Å². The van der Waals surface area contributed by atoms with Gasteiger partial charge >= 0.3 is 0 Å². The maximum Gasteiger partial charge on any atom is 0.137 e. The van der Waals surface area contributed by atoms with Crippen LogP contribution in [-0.2, 0) is 4.74 Å². The molecule has 0 atom stereocenters. The molecular weight excluding hydrogens is 214 g/mol. The Morgan fingerprint density at radius 1 is 1.12 bits per heavy atom. The van der Waals surface area contributed by atoms with Gasteiger partial charge in [-0.25, -0.2) is 0 Å². The molecule has 3 nitrogen and oxygen atoms in total. The van der Waals surface area contributed by atoms with E-state index in [1.165, 1.54) is 11.1 Å². The van der Waals surface area contributed by atoms with Crippen LogP contribution in [0.25, 0.3) is 0 Å². The molecule has 1 fully saturated rings. The predicted molar refractivity (Wildman–Crippen MR) is 67.8 cm³/mol. The van der Waals surface area contributed by atoms with Crippen molar-refractivity contribution in [2.75, 3.05) is 39.5 Å². The highest BCUT2D eigenvalue weighted by molar-refractivity contribution is 5.32. The van der Waals surface area contributed by atoms with E-state index in [1.54, 1.807) is 4.90 Å². The summed E-state index contributed by atoms with van der Waals surface area (Å²) in [4.78, 5) is 1.58. The van der Waals surface area contributed by atoms with Gasteiger partial charge in [0, 0.05) is 0 Å². The lowest BCUT2D eigenvalue weighted by Gasteiger charge is -2.23. The zero-order valence-corrected chi connectivity index (χ0v) is 10.8. The highest BCUT2D eigenvalue weighted by atomic mass is 16.5. The number of quaternary nitrogens is 1. The lowest BCUT2D eigenvalue weighted by Crippen LogP contribution is -3.14. The van der Waals surface area contributed by atoms with Crippen LogP contribution in [0.5, 0.6) is 5.75 Å². The van der Waals surface area contributed by atoms with Crippen molar-refractivity contribution in [3.63, 3.8) is 0 Å². The lowest BCUT2D eigenvalue weighted by molar-refractivity contribution is -0.908. The van der Waals surface area contributed by atoms with Crippen LogP contribution in [0.3, 0.4) is 0 Å². The Balaban J connectivity index is 1.77. The minimum Gasteiger partial charge on any atom is -0.488 e. The maximum atomic E-state index is 5.81. The van der Waals surface area contributed by atoms with E-state index in [1.807, 2.05) is 0 Å². The standard InChI is InChI=1S/C14H21NO2/c1-12-9-13(2)11-14(10-12)17-8-5-15-3-6-16-7-4-15/h9-11H,3-8H2,1-2H3/p+1. The minimum atomic E-state index is 0.790. The van der Waals surface area contributed by atoms with E-state index in [0.717, 1.165) is 45.2 Å². The lowest BCUT2D eigenvalue weighted by atomic mass is 10.1. The fourth-order valence-electron chi connectivity index (χ4n) is 2.24. The third kappa shape index (κ3) is 4.02. The van der Waals surface area contributed by atoms with Gasteiger partial charge in [0.15, 0.2) is 0 Å². The van der Waals surface area contributed by atoms with Crippen molar-refractivity contribution in [2.45, 2.75) is 13.8 Å². The summed E-state index contributed by atoms with van der Waals surface area (Å²) in [6.45, 7) is 10.1. The van der Waals surface area contributed by atoms with Gasteiger partial charge in [-0.2, -0.15) is 0 Å². The minimum absolute atomic E-state index is 0.790. The van der Waals surface area contributed by atoms with E-state index < -0.39 is 0 Å². The van der Waals surface area contributed by atoms with Crippen LogP contribution >= 0.6 is 0 Å². The second-order valence-electron chi connectivity index (χ2n) is 4.78. The molecule has 0 aromatic heterocycles. The summed E-state index contributed by atoms with van der Waals surface area (Å²) in [6.07, 6.45) is 0. The van der Waals surface area contributed by atoms with Gasteiger partial charge in [-0.3, -0.25) is 0 Å². The molecule has 1 N–H and O–H groups in total. The molecule has 3 heteroatoms. The second kappa shape index (κ2) is 6.03. The van der Waals surface area contributed by atoms with Crippen molar-refractivity contribution in [3.05, 3.63) is 29.3 Å². The van der Waals surface area contributed by atoms with Crippen molar-refractivity contribution in [2.24, 2.45) is 0 Å². The predicted octanol–water partition coefficient (Wildman–Crippen LogP) is 0.597. The Morgan fingerprint density at radius 3 is 2.41 bits per heavy atom. The SMILES string of the molecule is Cc1cc(C)cc(OCC[NH+]2CCOCC2)c1. The number of ether oxygens (including phenoxy) is 2. The van der Waals surface area contributed by atoms with Crippen LogP contribution in [-0.4, -0.2) is 39.5 Å². The molecular formula is C14H22NO2+. The second-order valence-corrected chi connectivity index (χ2v) is 4.78. The fraction of sp³-hybridized carbons (Fsp3) is 0.571. The molecule has 0 bridgehead atoms. The first-order chi connectivity index (χ1) is 8.24. The number of hydrogen-bond acceptors (Lipinski definition) is 2. The molecule has 2 rings (SSSR count). The normalized spacial score (nSPS) is 17.1. The van der Waals surface area contributed by atoms with Gasteiger partial charge < -0.3 is 14.4 Å². The molecule has 0 amide bonds. The Hall–Kier alpha value is -1.06. The summed E-state index contributed by atoms with van der Waals surface area (Å²) < 4.78 is 11.1. The van der Waals surface area contributed by atoms with Crippen LogP contribution in [0, 0.1) is 13.8 Å². The Morgan fingerprint density at radius 2 is 1.76 bits per heavy atom. The van der Waals surface area contributed by atoms with Crippen LogP contribution in [0.1, 0.15) is 11.1 Å².